The molecule has 1 N–H and O–H groups in total. The molecule has 19 heavy (non-hydrogen) atoms. The molecule has 0 atom stereocenters. The van der Waals surface area contributed by atoms with Gasteiger partial charge in [0.1, 0.15) is 11.3 Å². The minimum Gasteiger partial charge on any atom is -0.458 e. The lowest BCUT2D eigenvalue weighted by Crippen LogP contribution is -2.22. The van der Waals surface area contributed by atoms with Crippen LogP contribution in [0.15, 0.2) is 27.1 Å². The van der Waals surface area contributed by atoms with E-state index in [1.807, 2.05) is 6.07 Å². The molecule has 2 nitrogen and oxygen atoms in total. The Balaban J connectivity index is 2.45. The SMILES string of the molecule is CC(C)Cc1c(CNC(C)C)oc2c(Br)cccc12. The Kier molecular flexibility index (Phi) is 4.69. The monoisotopic (exact) mass is 323 g/mol. The Morgan fingerprint density at radius 1 is 1.21 bits per heavy atom. The van der Waals surface area contributed by atoms with E-state index in [9.17, 15) is 0 Å². The van der Waals surface area contributed by atoms with E-state index < -0.39 is 0 Å². The van der Waals surface area contributed by atoms with E-state index in [1.54, 1.807) is 0 Å². The van der Waals surface area contributed by atoms with Crippen LogP contribution in [-0.4, -0.2) is 6.04 Å². The van der Waals surface area contributed by atoms with E-state index in [0.29, 0.717) is 12.0 Å². The average Bonchev–Trinajstić information content (AvgIpc) is 2.66. The van der Waals surface area contributed by atoms with Crippen molar-refractivity contribution in [2.45, 2.75) is 46.7 Å². The fraction of sp³-hybridized carbons (Fsp3) is 0.500. The lowest BCUT2D eigenvalue weighted by atomic mass is 10.00. The Labute approximate surface area is 123 Å². The number of hydrogen-bond acceptors (Lipinski definition) is 2. The maximum absolute atomic E-state index is 6.07. The average molecular weight is 324 g/mol. The molecule has 0 saturated carbocycles. The van der Waals surface area contributed by atoms with Crippen molar-refractivity contribution in [2.24, 2.45) is 5.92 Å². The van der Waals surface area contributed by atoms with Gasteiger partial charge in [-0.2, -0.15) is 0 Å². The van der Waals surface area contributed by atoms with Gasteiger partial charge in [-0.1, -0.05) is 39.8 Å². The van der Waals surface area contributed by atoms with Crippen LogP contribution < -0.4 is 5.32 Å². The molecule has 2 rings (SSSR count). The van der Waals surface area contributed by atoms with Crippen molar-refractivity contribution in [1.82, 2.24) is 5.32 Å². The number of fused-ring (bicyclic) bond motifs is 1. The molecule has 1 aromatic heterocycles. The second-order valence-electron chi connectivity index (χ2n) is 5.75. The first-order valence-corrected chi connectivity index (χ1v) is 7.70. The first kappa shape index (κ1) is 14.6. The third kappa shape index (κ3) is 3.40. The highest BCUT2D eigenvalue weighted by Crippen LogP contribution is 2.32. The summed E-state index contributed by atoms with van der Waals surface area (Å²) in [7, 11) is 0. The molecular formula is C16H22BrNO. The van der Waals surface area contributed by atoms with Crippen molar-refractivity contribution < 1.29 is 4.42 Å². The maximum atomic E-state index is 6.07. The highest BCUT2D eigenvalue weighted by Gasteiger charge is 2.16. The first-order chi connectivity index (χ1) is 8.99. The fourth-order valence-electron chi connectivity index (χ4n) is 2.26. The van der Waals surface area contributed by atoms with Gasteiger partial charge in [0.05, 0.1) is 11.0 Å². The van der Waals surface area contributed by atoms with Gasteiger partial charge < -0.3 is 9.73 Å². The van der Waals surface area contributed by atoms with E-state index in [0.717, 1.165) is 28.8 Å². The zero-order valence-electron chi connectivity index (χ0n) is 12.1. The molecule has 0 saturated heterocycles. The number of rotatable bonds is 5. The van der Waals surface area contributed by atoms with Crippen LogP contribution in [0.2, 0.25) is 0 Å². The Bertz CT molecular complexity index is 557. The quantitative estimate of drug-likeness (QED) is 0.847. The number of halogens is 1. The number of nitrogens with one attached hydrogen (secondary N) is 1. The molecule has 1 heterocycles. The molecule has 3 heteroatoms. The second kappa shape index (κ2) is 6.10. The van der Waals surface area contributed by atoms with Crippen LogP contribution in [-0.2, 0) is 13.0 Å². The van der Waals surface area contributed by atoms with Gasteiger partial charge >= 0.3 is 0 Å². The number of para-hydroxylation sites is 1. The molecular weight excluding hydrogens is 302 g/mol. The summed E-state index contributed by atoms with van der Waals surface area (Å²) in [6.45, 7) is 9.59. The summed E-state index contributed by atoms with van der Waals surface area (Å²) in [5.41, 5.74) is 2.32. The van der Waals surface area contributed by atoms with Crippen LogP contribution in [0, 0.1) is 5.92 Å². The summed E-state index contributed by atoms with van der Waals surface area (Å²) in [5.74, 6) is 1.70. The maximum Gasteiger partial charge on any atom is 0.148 e. The summed E-state index contributed by atoms with van der Waals surface area (Å²) in [4.78, 5) is 0. The van der Waals surface area contributed by atoms with E-state index in [1.165, 1.54) is 10.9 Å². The molecule has 2 aromatic rings. The van der Waals surface area contributed by atoms with Crippen LogP contribution >= 0.6 is 15.9 Å². The van der Waals surface area contributed by atoms with Crippen LogP contribution in [0.1, 0.15) is 39.0 Å². The van der Waals surface area contributed by atoms with Crippen molar-refractivity contribution in [1.29, 1.82) is 0 Å². The normalized spacial score (nSPS) is 11.9. The summed E-state index contributed by atoms with van der Waals surface area (Å²) in [6.07, 6.45) is 1.05. The Hall–Kier alpha value is -0.800. The zero-order valence-corrected chi connectivity index (χ0v) is 13.7. The minimum absolute atomic E-state index is 0.462. The van der Waals surface area contributed by atoms with Crippen LogP contribution in [0.5, 0.6) is 0 Å². The third-order valence-corrected chi connectivity index (χ3v) is 3.76. The largest absolute Gasteiger partial charge is 0.458 e. The molecule has 0 fully saturated rings. The predicted octanol–water partition coefficient (Wildman–Crippen LogP) is 4.89. The third-order valence-electron chi connectivity index (χ3n) is 3.14. The van der Waals surface area contributed by atoms with Crippen molar-refractivity contribution in [3.05, 3.63) is 34.0 Å². The van der Waals surface area contributed by atoms with Crippen LogP contribution in [0.3, 0.4) is 0 Å². The van der Waals surface area contributed by atoms with Gasteiger partial charge in [-0.15, -0.1) is 0 Å². The van der Waals surface area contributed by atoms with Gasteiger partial charge in [0.2, 0.25) is 0 Å². The number of furan rings is 1. The van der Waals surface area contributed by atoms with Gasteiger partial charge in [-0.3, -0.25) is 0 Å². The van der Waals surface area contributed by atoms with Gasteiger partial charge in [-0.25, -0.2) is 0 Å². The molecule has 0 amide bonds. The summed E-state index contributed by atoms with van der Waals surface area (Å²) < 4.78 is 7.11. The molecule has 104 valence electrons. The fourth-order valence-corrected chi connectivity index (χ4v) is 2.70. The van der Waals surface area contributed by atoms with Crippen molar-refractivity contribution in [2.75, 3.05) is 0 Å². The Morgan fingerprint density at radius 3 is 2.58 bits per heavy atom. The number of benzene rings is 1. The van der Waals surface area contributed by atoms with Crippen molar-refractivity contribution >= 4 is 26.9 Å². The van der Waals surface area contributed by atoms with Gasteiger partial charge in [-0.05, 0) is 34.3 Å². The zero-order chi connectivity index (χ0) is 14.0. The van der Waals surface area contributed by atoms with E-state index in [2.05, 4.69) is 61.1 Å². The second-order valence-corrected chi connectivity index (χ2v) is 6.61. The number of hydrogen-bond donors (Lipinski definition) is 1. The van der Waals surface area contributed by atoms with Crippen molar-refractivity contribution in [3.8, 4) is 0 Å². The van der Waals surface area contributed by atoms with Crippen LogP contribution in [0.4, 0.5) is 0 Å². The lowest BCUT2D eigenvalue weighted by Gasteiger charge is -2.09. The highest BCUT2D eigenvalue weighted by molar-refractivity contribution is 9.10. The first-order valence-electron chi connectivity index (χ1n) is 6.91. The summed E-state index contributed by atoms with van der Waals surface area (Å²) in [5, 5.41) is 4.69. The molecule has 0 spiro atoms. The predicted molar refractivity (Wildman–Crippen MR) is 84.4 cm³/mol. The minimum atomic E-state index is 0.462. The van der Waals surface area contributed by atoms with Crippen LogP contribution in [0.25, 0.3) is 11.0 Å². The lowest BCUT2D eigenvalue weighted by molar-refractivity contribution is 0.478. The van der Waals surface area contributed by atoms with E-state index >= 15 is 0 Å². The van der Waals surface area contributed by atoms with Crippen molar-refractivity contribution in [3.63, 3.8) is 0 Å². The molecule has 1 aromatic carbocycles. The molecule has 0 aliphatic rings. The van der Waals surface area contributed by atoms with E-state index in [4.69, 9.17) is 4.42 Å². The molecule has 0 unspecified atom stereocenters. The molecule has 0 bridgehead atoms. The molecule has 0 aliphatic heterocycles. The Morgan fingerprint density at radius 2 is 1.95 bits per heavy atom. The van der Waals surface area contributed by atoms with Gasteiger partial charge in [0.15, 0.2) is 0 Å². The summed E-state index contributed by atoms with van der Waals surface area (Å²) in [6, 6.07) is 6.72. The standard InChI is InChI=1S/C16H22BrNO/c1-10(2)8-13-12-6-5-7-14(17)16(12)19-15(13)9-18-11(3)4/h5-7,10-11,18H,8-9H2,1-4H3. The molecule has 0 radical (unpaired) electrons. The topological polar surface area (TPSA) is 25.2 Å². The van der Waals surface area contributed by atoms with Gasteiger partial charge in [0.25, 0.3) is 0 Å². The van der Waals surface area contributed by atoms with E-state index in [-0.39, 0.29) is 0 Å². The highest BCUT2D eigenvalue weighted by atomic mass is 79.9. The van der Waals surface area contributed by atoms with Gasteiger partial charge in [0, 0.05) is 17.0 Å². The smallest absolute Gasteiger partial charge is 0.148 e. The molecule has 0 aliphatic carbocycles. The summed E-state index contributed by atoms with van der Waals surface area (Å²) >= 11 is 3.58.